The number of hydrogen-bond acceptors (Lipinski definition) is 7. The molecule has 2 aromatic carbocycles. The van der Waals surface area contributed by atoms with E-state index >= 15 is 0 Å². The van der Waals surface area contributed by atoms with Crippen LogP contribution in [0.5, 0.6) is 11.5 Å². The first-order chi connectivity index (χ1) is 12.1. The largest absolute Gasteiger partial charge is 0.497 e. The summed E-state index contributed by atoms with van der Waals surface area (Å²) in [6.07, 6.45) is 0. The van der Waals surface area contributed by atoms with Crippen molar-refractivity contribution in [3.05, 3.63) is 53.0 Å². The van der Waals surface area contributed by atoms with Gasteiger partial charge >= 0.3 is 5.97 Å². The molecule has 0 radical (unpaired) electrons. The molecule has 25 heavy (non-hydrogen) atoms. The van der Waals surface area contributed by atoms with Crippen molar-refractivity contribution in [2.75, 3.05) is 20.8 Å². The Labute approximate surface area is 148 Å². The molecule has 1 aromatic heterocycles. The van der Waals surface area contributed by atoms with Gasteiger partial charge in [0.2, 0.25) is 5.78 Å². The number of aromatic nitrogens is 1. The zero-order chi connectivity index (χ0) is 17.8. The first kappa shape index (κ1) is 16.9. The van der Waals surface area contributed by atoms with E-state index in [1.54, 1.807) is 41.9 Å². The third kappa shape index (κ3) is 3.61. The van der Waals surface area contributed by atoms with Crippen LogP contribution in [0.25, 0.3) is 10.2 Å². The van der Waals surface area contributed by atoms with Crippen LogP contribution in [0, 0.1) is 0 Å². The Morgan fingerprint density at radius 1 is 1.08 bits per heavy atom. The number of carbonyl (C=O) groups is 2. The van der Waals surface area contributed by atoms with E-state index in [-0.39, 0.29) is 12.4 Å². The third-order valence-corrected chi connectivity index (χ3v) is 4.40. The van der Waals surface area contributed by atoms with E-state index in [1.165, 1.54) is 25.6 Å². The minimum Gasteiger partial charge on any atom is -0.497 e. The summed E-state index contributed by atoms with van der Waals surface area (Å²) in [7, 11) is 2.97. The van der Waals surface area contributed by atoms with Gasteiger partial charge in [-0.05, 0) is 36.4 Å². The second kappa shape index (κ2) is 7.31. The van der Waals surface area contributed by atoms with Gasteiger partial charge < -0.3 is 14.2 Å². The molecule has 0 N–H and O–H groups in total. The maximum atomic E-state index is 12.4. The highest BCUT2D eigenvalue weighted by atomic mass is 32.1. The SMILES string of the molecule is COc1ccc(OC)c(C(=O)COC(=O)c2ccc3ncsc3c2)c1. The van der Waals surface area contributed by atoms with Crippen molar-refractivity contribution in [3.63, 3.8) is 0 Å². The van der Waals surface area contributed by atoms with Gasteiger partial charge in [-0.1, -0.05) is 0 Å². The number of ether oxygens (including phenoxy) is 3. The lowest BCUT2D eigenvalue weighted by Crippen LogP contribution is -2.15. The van der Waals surface area contributed by atoms with Gasteiger partial charge in [0, 0.05) is 0 Å². The quantitative estimate of drug-likeness (QED) is 0.497. The fraction of sp³-hybridized carbons (Fsp3) is 0.167. The summed E-state index contributed by atoms with van der Waals surface area (Å²) in [5, 5.41) is 0. The molecule has 0 aliphatic rings. The Morgan fingerprint density at radius 3 is 2.68 bits per heavy atom. The number of esters is 1. The number of carbonyl (C=O) groups excluding carboxylic acids is 2. The summed E-state index contributed by atoms with van der Waals surface area (Å²) in [6.45, 7) is -0.386. The number of rotatable bonds is 6. The highest BCUT2D eigenvalue weighted by molar-refractivity contribution is 7.16. The molecule has 1 heterocycles. The average molecular weight is 357 g/mol. The zero-order valence-electron chi connectivity index (χ0n) is 13.6. The van der Waals surface area contributed by atoms with Crippen molar-refractivity contribution in [2.24, 2.45) is 0 Å². The van der Waals surface area contributed by atoms with Crippen LogP contribution < -0.4 is 9.47 Å². The number of thiazole rings is 1. The van der Waals surface area contributed by atoms with Gasteiger partial charge in [0.05, 0.1) is 41.1 Å². The van der Waals surface area contributed by atoms with Gasteiger partial charge in [0.25, 0.3) is 0 Å². The molecule has 0 bridgehead atoms. The van der Waals surface area contributed by atoms with Crippen LogP contribution in [0.15, 0.2) is 41.9 Å². The summed E-state index contributed by atoms with van der Waals surface area (Å²) in [5.74, 6) is -0.0208. The summed E-state index contributed by atoms with van der Waals surface area (Å²) in [4.78, 5) is 28.7. The number of ketones is 1. The lowest BCUT2D eigenvalue weighted by Gasteiger charge is -2.10. The van der Waals surface area contributed by atoms with E-state index in [9.17, 15) is 9.59 Å². The predicted octanol–water partition coefficient (Wildman–Crippen LogP) is 3.35. The Hall–Kier alpha value is -2.93. The second-order valence-electron chi connectivity index (χ2n) is 5.10. The van der Waals surface area contributed by atoms with Gasteiger partial charge in [-0.15, -0.1) is 11.3 Å². The molecule has 7 heteroatoms. The van der Waals surface area contributed by atoms with Crippen LogP contribution in [0.2, 0.25) is 0 Å². The predicted molar refractivity (Wildman–Crippen MR) is 93.8 cm³/mol. The molecule has 6 nitrogen and oxygen atoms in total. The summed E-state index contributed by atoms with van der Waals surface area (Å²) >= 11 is 1.43. The molecular weight excluding hydrogens is 342 g/mol. The Kier molecular flexibility index (Phi) is 4.95. The van der Waals surface area contributed by atoms with Crippen LogP contribution in [0.1, 0.15) is 20.7 Å². The summed E-state index contributed by atoms with van der Waals surface area (Å²) in [6, 6.07) is 9.94. The van der Waals surface area contributed by atoms with Crippen LogP contribution in [-0.2, 0) is 4.74 Å². The minimum absolute atomic E-state index is 0.299. The molecule has 0 aliphatic heterocycles. The lowest BCUT2D eigenvalue weighted by molar-refractivity contribution is 0.0474. The number of methoxy groups -OCH3 is 2. The van der Waals surface area contributed by atoms with Gasteiger partial charge in [-0.3, -0.25) is 4.79 Å². The van der Waals surface area contributed by atoms with E-state index in [4.69, 9.17) is 14.2 Å². The number of nitrogens with zero attached hydrogens (tertiary/aromatic N) is 1. The number of hydrogen-bond donors (Lipinski definition) is 0. The van der Waals surface area contributed by atoms with Crippen molar-refractivity contribution >= 4 is 33.3 Å². The third-order valence-electron chi connectivity index (χ3n) is 3.61. The van der Waals surface area contributed by atoms with Gasteiger partial charge in [0.15, 0.2) is 6.61 Å². The minimum atomic E-state index is -0.564. The van der Waals surface area contributed by atoms with Crippen LogP contribution >= 0.6 is 11.3 Å². The molecule has 0 saturated heterocycles. The monoisotopic (exact) mass is 357 g/mol. The average Bonchev–Trinajstić information content (AvgIpc) is 3.12. The van der Waals surface area contributed by atoms with E-state index in [0.29, 0.717) is 22.6 Å². The molecule has 0 fully saturated rings. The van der Waals surface area contributed by atoms with E-state index < -0.39 is 5.97 Å². The fourth-order valence-corrected chi connectivity index (χ4v) is 3.02. The molecule has 0 saturated carbocycles. The Balaban J connectivity index is 1.72. The molecule has 3 rings (SSSR count). The van der Waals surface area contributed by atoms with E-state index in [1.807, 2.05) is 0 Å². The molecule has 0 amide bonds. The van der Waals surface area contributed by atoms with Crippen molar-refractivity contribution in [2.45, 2.75) is 0 Å². The summed E-state index contributed by atoms with van der Waals surface area (Å²) in [5.41, 5.74) is 3.20. The molecule has 128 valence electrons. The highest BCUT2D eigenvalue weighted by Gasteiger charge is 2.17. The molecule has 3 aromatic rings. The van der Waals surface area contributed by atoms with Crippen molar-refractivity contribution in [1.82, 2.24) is 4.98 Å². The molecule has 0 spiro atoms. The molecular formula is C18H15NO5S. The first-order valence-corrected chi connectivity index (χ1v) is 8.26. The van der Waals surface area contributed by atoms with E-state index in [2.05, 4.69) is 4.98 Å². The van der Waals surface area contributed by atoms with Gasteiger partial charge in [-0.25, -0.2) is 9.78 Å². The highest BCUT2D eigenvalue weighted by Crippen LogP contribution is 2.25. The van der Waals surface area contributed by atoms with E-state index in [0.717, 1.165) is 10.2 Å². The maximum Gasteiger partial charge on any atom is 0.338 e. The first-order valence-electron chi connectivity index (χ1n) is 7.38. The topological polar surface area (TPSA) is 74.7 Å². The van der Waals surface area contributed by atoms with Crippen molar-refractivity contribution in [1.29, 1.82) is 0 Å². The second-order valence-corrected chi connectivity index (χ2v) is 5.99. The van der Waals surface area contributed by atoms with Crippen molar-refractivity contribution < 1.29 is 23.8 Å². The number of benzene rings is 2. The molecule has 0 atom stereocenters. The Morgan fingerprint density at radius 2 is 1.92 bits per heavy atom. The maximum absolute atomic E-state index is 12.4. The molecule has 0 aliphatic carbocycles. The summed E-state index contributed by atoms with van der Waals surface area (Å²) < 4.78 is 16.3. The standard InChI is InChI=1S/C18H15NO5S/c1-22-12-4-6-16(23-2)13(8-12)15(20)9-24-18(21)11-3-5-14-17(7-11)25-10-19-14/h3-8,10H,9H2,1-2H3. The number of fused-ring (bicyclic) bond motifs is 1. The normalized spacial score (nSPS) is 10.5. The smallest absolute Gasteiger partial charge is 0.338 e. The Bertz CT molecular complexity index is 934. The molecule has 0 unspecified atom stereocenters. The van der Waals surface area contributed by atoms with Gasteiger partial charge in [0.1, 0.15) is 11.5 Å². The lowest BCUT2D eigenvalue weighted by atomic mass is 10.1. The van der Waals surface area contributed by atoms with Crippen LogP contribution in [0.3, 0.4) is 0 Å². The number of Topliss-reactive ketones (excluding diaryl/α,β-unsaturated/α-hetero) is 1. The van der Waals surface area contributed by atoms with Crippen molar-refractivity contribution in [3.8, 4) is 11.5 Å². The van der Waals surface area contributed by atoms with Gasteiger partial charge in [-0.2, -0.15) is 0 Å². The van der Waals surface area contributed by atoms with Crippen LogP contribution in [-0.4, -0.2) is 37.6 Å². The zero-order valence-corrected chi connectivity index (χ0v) is 14.5. The van der Waals surface area contributed by atoms with Crippen LogP contribution in [0.4, 0.5) is 0 Å². The fourth-order valence-electron chi connectivity index (χ4n) is 2.31.